The van der Waals surface area contributed by atoms with Gasteiger partial charge in [-0.15, -0.1) is 0 Å². The molecule has 138 valence electrons. The van der Waals surface area contributed by atoms with Crippen LogP contribution < -0.4 is 0 Å². The molecule has 0 heterocycles. The van der Waals surface area contributed by atoms with Crippen LogP contribution in [0.3, 0.4) is 0 Å². The average molecular weight is 358 g/mol. The third-order valence-corrected chi connectivity index (χ3v) is 5.97. The maximum absolute atomic E-state index is 11.2. The van der Waals surface area contributed by atoms with Gasteiger partial charge in [0.2, 0.25) is 0 Å². The van der Waals surface area contributed by atoms with Crippen molar-refractivity contribution in [1.29, 1.82) is 0 Å². The molecule has 0 saturated heterocycles. The van der Waals surface area contributed by atoms with E-state index in [1.54, 1.807) is 0 Å². The highest BCUT2D eigenvalue weighted by atomic mass is 16.5. The van der Waals surface area contributed by atoms with E-state index in [-0.39, 0.29) is 6.10 Å². The van der Waals surface area contributed by atoms with Crippen LogP contribution in [0.15, 0.2) is 54.6 Å². The van der Waals surface area contributed by atoms with Gasteiger partial charge in [0.25, 0.3) is 0 Å². The lowest BCUT2D eigenvalue weighted by Crippen LogP contribution is -2.22. The van der Waals surface area contributed by atoms with Gasteiger partial charge in [-0.2, -0.15) is 0 Å². The Bertz CT molecular complexity index is 989. The maximum atomic E-state index is 11.2. The number of hydrogen-bond acceptors (Lipinski definition) is 2. The van der Waals surface area contributed by atoms with Crippen LogP contribution in [0.4, 0.5) is 0 Å². The minimum Gasteiger partial charge on any atom is -0.385 e. The molecule has 0 radical (unpaired) electrons. The highest BCUT2D eigenvalue weighted by Gasteiger charge is 2.35. The van der Waals surface area contributed by atoms with E-state index < -0.39 is 6.10 Å². The highest BCUT2D eigenvalue weighted by Crippen LogP contribution is 2.49. The van der Waals surface area contributed by atoms with Gasteiger partial charge in [-0.25, -0.2) is 0 Å². The van der Waals surface area contributed by atoms with Crippen LogP contribution in [0, 0.1) is 27.7 Å². The summed E-state index contributed by atoms with van der Waals surface area (Å²) in [5.41, 5.74) is 10.6. The lowest BCUT2D eigenvalue weighted by Gasteiger charge is -2.35. The minimum atomic E-state index is -0.669. The van der Waals surface area contributed by atoms with Crippen molar-refractivity contribution in [2.45, 2.75) is 46.5 Å². The molecule has 1 aliphatic carbocycles. The van der Waals surface area contributed by atoms with Gasteiger partial charge in [-0.3, -0.25) is 0 Å². The largest absolute Gasteiger partial charge is 0.385 e. The van der Waals surface area contributed by atoms with Crippen molar-refractivity contribution in [3.63, 3.8) is 0 Å². The zero-order valence-corrected chi connectivity index (χ0v) is 16.4. The van der Waals surface area contributed by atoms with E-state index in [1.807, 2.05) is 18.2 Å². The molecule has 2 nitrogen and oxygen atoms in total. The lowest BCUT2D eigenvalue weighted by molar-refractivity contribution is -0.0509. The molecule has 0 fully saturated rings. The van der Waals surface area contributed by atoms with Crippen molar-refractivity contribution in [3.05, 3.63) is 93.5 Å². The van der Waals surface area contributed by atoms with Crippen LogP contribution >= 0.6 is 0 Å². The predicted octanol–water partition coefficient (Wildman–Crippen LogP) is 5.89. The first kappa shape index (κ1) is 18.0. The van der Waals surface area contributed by atoms with Crippen LogP contribution in [-0.4, -0.2) is 5.11 Å². The summed E-state index contributed by atoms with van der Waals surface area (Å²) in [5.74, 6) is 0. The standard InChI is InChI=1S/C25H26O2/c1-15-10-12-20-22(17(15)3)23-18(4)16(2)11-13-21(23)25(24(20)26)27-14-19-8-6-5-7-9-19/h5-13,24-26H,14H2,1-4H3/t24-,25-/m0/s1. The first-order valence-electron chi connectivity index (χ1n) is 9.53. The predicted molar refractivity (Wildman–Crippen MR) is 110 cm³/mol. The quantitative estimate of drug-likeness (QED) is 0.632. The molecule has 4 rings (SSSR count). The molecule has 3 aromatic rings. The Morgan fingerprint density at radius 2 is 1.30 bits per heavy atom. The molecule has 0 unspecified atom stereocenters. The van der Waals surface area contributed by atoms with Crippen molar-refractivity contribution in [2.75, 3.05) is 0 Å². The topological polar surface area (TPSA) is 29.5 Å². The summed E-state index contributed by atoms with van der Waals surface area (Å²) in [6.45, 7) is 9.08. The fourth-order valence-corrected chi connectivity index (χ4v) is 4.10. The summed E-state index contributed by atoms with van der Waals surface area (Å²) in [5, 5.41) is 11.2. The van der Waals surface area contributed by atoms with E-state index in [0.29, 0.717) is 6.61 Å². The number of aliphatic hydroxyl groups excluding tert-OH is 1. The molecule has 0 amide bonds. The smallest absolute Gasteiger partial charge is 0.114 e. The fourth-order valence-electron chi connectivity index (χ4n) is 4.10. The Hall–Kier alpha value is -2.42. The number of aryl methyl sites for hydroxylation is 2. The van der Waals surface area contributed by atoms with Gasteiger partial charge in [0.05, 0.1) is 6.61 Å². The van der Waals surface area contributed by atoms with E-state index in [2.05, 4.69) is 64.1 Å². The summed E-state index contributed by atoms with van der Waals surface area (Å²) in [6, 6.07) is 18.6. The lowest BCUT2D eigenvalue weighted by atomic mass is 9.76. The van der Waals surface area contributed by atoms with Gasteiger partial charge in [0.1, 0.15) is 12.2 Å². The van der Waals surface area contributed by atoms with Crippen LogP contribution in [0.1, 0.15) is 51.2 Å². The SMILES string of the molecule is Cc1ccc2c(c1C)-c1c(ccc(C)c1C)[C@H](OCc1ccccc1)[C@H]2O. The van der Waals surface area contributed by atoms with Crippen LogP contribution in [0.2, 0.25) is 0 Å². The van der Waals surface area contributed by atoms with Crippen molar-refractivity contribution in [2.24, 2.45) is 0 Å². The van der Waals surface area contributed by atoms with Gasteiger partial charge in [0, 0.05) is 0 Å². The number of fused-ring (bicyclic) bond motifs is 3. The van der Waals surface area contributed by atoms with E-state index in [0.717, 1.165) is 16.7 Å². The maximum Gasteiger partial charge on any atom is 0.114 e. The van der Waals surface area contributed by atoms with Crippen LogP contribution in [0.25, 0.3) is 11.1 Å². The van der Waals surface area contributed by atoms with Crippen LogP contribution in [0.5, 0.6) is 0 Å². The molecule has 0 bridgehead atoms. The molecule has 0 aliphatic heterocycles. The molecule has 2 heteroatoms. The number of aliphatic hydroxyl groups is 1. The summed E-state index contributed by atoms with van der Waals surface area (Å²) >= 11 is 0. The summed E-state index contributed by atoms with van der Waals surface area (Å²) in [4.78, 5) is 0. The highest BCUT2D eigenvalue weighted by molar-refractivity contribution is 5.81. The van der Waals surface area contributed by atoms with Gasteiger partial charge < -0.3 is 9.84 Å². The van der Waals surface area contributed by atoms with E-state index >= 15 is 0 Å². The van der Waals surface area contributed by atoms with Gasteiger partial charge in [-0.1, -0.05) is 54.6 Å². The number of rotatable bonds is 3. The molecule has 1 N–H and O–H groups in total. The summed E-state index contributed by atoms with van der Waals surface area (Å²) < 4.78 is 6.28. The molecule has 2 atom stereocenters. The summed E-state index contributed by atoms with van der Waals surface area (Å²) in [6.07, 6.45) is -1.04. The first-order valence-corrected chi connectivity index (χ1v) is 9.53. The zero-order chi connectivity index (χ0) is 19.1. The van der Waals surface area contributed by atoms with Crippen LogP contribution in [-0.2, 0) is 11.3 Å². The zero-order valence-electron chi connectivity index (χ0n) is 16.4. The molecule has 1 aliphatic rings. The Morgan fingerprint density at radius 3 is 1.93 bits per heavy atom. The molecule has 0 saturated carbocycles. The number of benzene rings is 3. The average Bonchev–Trinajstić information content (AvgIpc) is 2.68. The Balaban J connectivity index is 1.84. The second kappa shape index (κ2) is 6.95. The molecule has 3 aromatic carbocycles. The Labute approximate surface area is 161 Å². The third kappa shape index (κ3) is 2.99. The number of hydrogen-bond donors (Lipinski definition) is 1. The van der Waals surface area contributed by atoms with Gasteiger partial charge in [-0.05, 0) is 77.8 Å². The second-order valence-electron chi connectivity index (χ2n) is 7.61. The van der Waals surface area contributed by atoms with Crippen molar-refractivity contribution < 1.29 is 9.84 Å². The normalized spacial score (nSPS) is 18.1. The minimum absolute atomic E-state index is 0.367. The van der Waals surface area contributed by atoms with Crippen molar-refractivity contribution in [3.8, 4) is 11.1 Å². The third-order valence-electron chi connectivity index (χ3n) is 5.97. The molecular weight excluding hydrogens is 332 g/mol. The van der Waals surface area contributed by atoms with Crippen molar-refractivity contribution in [1.82, 2.24) is 0 Å². The fraction of sp³-hybridized carbons (Fsp3) is 0.280. The molecule has 0 aromatic heterocycles. The van der Waals surface area contributed by atoms with E-state index in [9.17, 15) is 5.11 Å². The van der Waals surface area contributed by atoms with E-state index in [1.165, 1.54) is 33.4 Å². The Kier molecular flexibility index (Phi) is 4.63. The summed E-state index contributed by atoms with van der Waals surface area (Å²) in [7, 11) is 0. The molecular formula is C25H26O2. The molecule has 27 heavy (non-hydrogen) atoms. The second-order valence-corrected chi connectivity index (χ2v) is 7.61. The molecule has 0 spiro atoms. The monoisotopic (exact) mass is 358 g/mol. The van der Waals surface area contributed by atoms with Gasteiger partial charge in [0.15, 0.2) is 0 Å². The first-order chi connectivity index (χ1) is 13.0. The Morgan fingerprint density at radius 1 is 0.741 bits per heavy atom. The van der Waals surface area contributed by atoms with Crippen molar-refractivity contribution >= 4 is 0 Å². The van der Waals surface area contributed by atoms with E-state index in [4.69, 9.17) is 4.74 Å². The van der Waals surface area contributed by atoms with Gasteiger partial charge >= 0.3 is 0 Å². The number of ether oxygens (including phenoxy) is 1.